The largest absolute Gasteiger partial charge is 0.298 e. The Labute approximate surface area is 95.9 Å². The van der Waals surface area contributed by atoms with E-state index in [4.69, 9.17) is 11.6 Å². The van der Waals surface area contributed by atoms with Gasteiger partial charge in [0.15, 0.2) is 12.1 Å². The van der Waals surface area contributed by atoms with Gasteiger partial charge < -0.3 is 0 Å². The molecule has 1 heterocycles. The minimum atomic E-state index is -0.334. The van der Waals surface area contributed by atoms with Crippen molar-refractivity contribution in [2.45, 2.75) is 0 Å². The first-order valence-corrected chi connectivity index (χ1v) is 4.82. The molecule has 0 saturated carbocycles. The number of rotatable bonds is 2. The van der Waals surface area contributed by atoms with E-state index in [2.05, 4.69) is 9.97 Å². The van der Waals surface area contributed by atoms with Crippen LogP contribution in [-0.4, -0.2) is 16.3 Å². The lowest BCUT2D eigenvalue weighted by Gasteiger charge is -2.01. The molecule has 0 bridgehead atoms. The Morgan fingerprint density at radius 1 is 1.25 bits per heavy atom. The molecule has 80 valence electrons. The zero-order chi connectivity index (χ0) is 11.5. The van der Waals surface area contributed by atoms with Crippen LogP contribution in [0.2, 0.25) is 5.15 Å². The van der Waals surface area contributed by atoms with Crippen molar-refractivity contribution in [3.8, 4) is 11.4 Å². The number of halogens is 2. The first-order valence-electron chi connectivity index (χ1n) is 4.44. The first kappa shape index (κ1) is 10.7. The molecular weight excluding hydrogens is 231 g/mol. The Bertz CT molecular complexity index is 528. The van der Waals surface area contributed by atoms with Gasteiger partial charge in [0.1, 0.15) is 11.0 Å². The summed E-state index contributed by atoms with van der Waals surface area (Å²) in [4.78, 5) is 18.4. The van der Waals surface area contributed by atoms with Gasteiger partial charge in [0.25, 0.3) is 0 Å². The predicted molar refractivity (Wildman–Crippen MR) is 57.8 cm³/mol. The van der Waals surface area contributed by atoms with Crippen molar-refractivity contribution in [2.24, 2.45) is 0 Å². The Morgan fingerprint density at radius 2 is 1.94 bits per heavy atom. The molecule has 1 aromatic carbocycles. The van der Waals surface area contributed by atoms with Crippen molar-refractivity contribution in [2.75, 3.05) is 0 Å². The minimum absolute atomic E-state index is 0.0873. The third kappa shape index (κ3) is 2.06. The van der Waals surface area contributed by atoms with Crippen molar-refractivity contribution in [1.82, 2.24) is 9.97 Å². The molecule has 0 amide bonds. The molecule has 2 rings (SSSR count). The van der Waals surface area contributed by atoms with Gasteiger partial charge >= 0.3 is 0 Å². The van der Waals surface area contributed by atoms with Gasteiger partial charge in [0, 0.05) is 11.8 Å². The van der Waals surface area contributed by atoms with E-state index < -0.39 is 0 Å². The summed E-state index contributed by atoms with van der Waals surface area (Å²) in [7, 11) is 0. The summed E-state index contributed by atoms with van der Waals surface area (Å²) in [5.74, 6) is 0.0231. The van der Waals surface area contributed by atoms with E-state index in [0.29, 0.717) is 17.7 Å². The van der Waals surface area contributed by atoms with Gasteiger partial charge in [-0.3, -0.25) is 4.79 Å². The average Bonchev–Trinajstić information content (AvgIpc) is 2.30. The molecule has 0 radical (unpaired) electrons. The molecule has 0 aliphatic carbocycles. The lowest BCUT2D eigenvalue weighted by molar-refractivity contribution is 0.112. The van der Waals surface area contributed by atoms with E-state index >= 15 is 0 Å². The van der Waals surface area contributed by atoms with E-state index in [1.54, 1.807) is 12.1 Å². The quantitative estimate of drug-likeness (QED) is 0.595. The van der Waals surface area contributed by atoms with Crippen molar-refractivity contribution < 1.29 is 9.18 Å². The molecule has 0 aliphatic rings. The summed E-state index contributed by atoms with van der Waals surface area (Å²) in [5.41, 5.74) is 0.869. The maximum Gasteiger partial charge on any atom is 0.160 e. The smallest absolute Gasteiger partial charge is 0.160 e. The maximum atomic E-state index is 12.7. The number of carbonyl (C=O) groups is 1. The molecule has 3 nitrogen and oxygen atoms in total. The van der Waals surface area contributed by atoms with Gasteiger partial charge in [0.2, 0.25) is 0 Å². The molecule has 0 saturated heterocycles. The van der Waals surface area contributed by atoms with Crippen LogP contribution in [0, 0.1) is 5.82 Å². The highest BCUT2D eigenvalue weighted by Crippen LogP contribution is 2.18. The Kier molecular flexibility index (Phi) is 2.92. The van der Waals surface area contributed by atoms with E-state index in [1.807, 2.05) is 0 Å². The molecule has 2 aromatic rings. The Balaban J connectivity index is 2.45. The van der Waals surface area contributed by atoms with Crippen molar-refractivity contribution >= 4 is 17.9 Å². The fourth-order valence-electron chi connectivity index (χ4n) is 1.19. The predicted octanol–water partition coefficient (Wildman–Crippen LogP) is 2.75. The number of aromatic nitrogens is 2. The van der Waals surface area contributed by atoms with Crippen LogP contribution >= 0.6 is 11.6 Å². The van der Waals surface area contributed by atoms with Crippen molar-refractivity contribution in [3.63, 3.8) is 0 Å². The molecule has 0 fully saturated rings. The first-order chi connectivity index (χ1) is 7.70. The summed E-state index contributed by atoms with van der Waals surface area (Å²) in [6, 6.07) is 5.70. The highest BCUT2D eigenvalue weighted by molar-refractivity contribution is 6.31. The van der Waals surface area contributed by atoms with Gasteiger partial charge in [-0.15, -0.1) is 0 Å². The molecule has 0 N–H and O–H groups in total. The van der Waals surface area contributed by atoms with E-state index in [9.17, 15) is 9.18 Å². The lowest BCUT2D eigenvalue weighted by Crippen LogP contribution is -1.93. The number of hydrogen-bond acceptors (Lipinski definition) is 3. The van der Waals surface area contributed by atoms with Gasteiger partial charge in [-0.25, -0.2) is 14.4 Å². The zero-order valence-electron chi connectivity index (χ0n) is 8.02. The monoisotopic (exact) mass is 236 g/mol. The van der Waals surface area contributed by atoms with Gasteiger partial charge in [-0.05, 0) is 24.3 Å². The van der Waals surface area contributed by atoms with Crippen LogP contribution in [0.25, 0.3) is 11.4 Å². The van der Waals surface area contributed by atoms with Crippen molar-refractivity contribution in [3.05, 3.63) is 47.0 Å². The summed E-state index contributed by atoms with van der Waals surface area (Å²) in [5, 5.41) is 0.0873. The van der Waals surface area contributed by atoms with Crippen LogP contribution in [0.1, 0.15) is 10.4 Å². The van der Waals surface area contributed by atoms with Gasteiger partial charge in [-0.1, -0.05) is 11.6 Å². The second-order valence-electron chi connectivity index (χ2n) is 3.06. The molecule has 0 spiro atoms. The highest BCUT2D eigenvalue weighted by Gasteiger charge is 2.06. The van der Waals surface area contributed by atoms with E-state index in [-0.39, 0.29) is 16.5 Å². The van der Waals surface area contributed by atoms with E-state index in [1.165, 1.54) is 18.3 Å². The third-order valence-corrected chi connectivity index (χ3v) is 2.30. The normalized spacial score (nSPS) is 10.1. The molecular formula is C11H6ClFN2O. The van der Waals surface area contributed by atoms with Crippen LogP contribution in [0.15, 0.2) is 30.5 Å². The average molecular weight is 237 g/mol. The van der Waals surface area contributed by atoms with E-state index in [0.717, 1.165) is 0 Å². The molecule has 5 heteroatoms. The molecule has 0 unspecified atom stereocenters. The number of aldehydes is 1. The van der Waals surface area contributed by atoms with Crippen LogP contribution < -0.4 is 0 Å². The molecule has 0 aliphatic heterocycles. The summed E-state index contributed by atoms with van der Waals surface area (Å²) >= 11 is 5.75. The lowest BCUT2D eigenvalue weighted by atomic mass is 10.2. The zero-order valence-corrected chi connectivity index (χ0v) is 8.78. The number of nitrogens with zero attached hydrogens (tertiary/aromatic N) is 2. The second kappa shape index (κ2) is 4.37. The summed E-state index contributed by atoms with van der Waals surface area (Å²) in [6.45, 7) is 0. The number of carbonyl (C=O) groups excluding carboxylic acids is 1. The van der Waals surface area contributed by atoms with Crippen LogP contribution in [0.4, 0.5) is 4.39 Å². The fraction of sp³-hybridized carbons (Fsp3) is 0. The Hall–Kier alpha value is -1.81. The van der Waals surface area contributed by atoms with Crippen LogP contribution in [0.5, 0.6) is 0 Å². The van der Waals surface area contributed by atoms with Gasteiger partial charge in [0.05, 0.1) is 5.56 Å². The summed E-state index contributed by atoms with van der Waals surface area (Å²) in [6.07, 6.45) is 1.91. The highest BCUT2D eigenvalue weighted by atomic mass is 35.5. The summed E-state index contributed by atoms with van der Waals surface area (Å²) < 4.78 is 12.7. The second-order valence-corrected chi connectivity index (χ2v) is 3.42. The molecule has 0 atom stereocenters. The number of benzene rings is 1. The Morgan fingerprint density at radius 3 is 2.50 bits per heavy atom. The van der Waals surface area contributed by atoms with Gasteiger partial charge in [-0.2, -0.15) is 0 Å². The standard InChI is InChI=1S/C11H6ClFN2O/c12-10-8(6-16)5-14-11(15-10)7-1-3-9(13)4-2-7/h1-6H. The third-order valence-electron chi connectivity index (χ3n) is 2.00. The topological polar surface area (TPSA) is 42.9 Å². The van der Waals surface area contributed by atoms with Crippen molar-refractivity contribution in [1.29, 1.82) is 0 Å². The number of hydrogen-bond donors (Lipinski definition) is 0. The van der Waals surface area contributed by atoms with Crippen LogP contribution in [0.3, 0.4) is 0 Å². The van der Waals surface area contributed by atoms with Crippen LogP contribution in [-0.2, 0) is 0 Å². The molecule has 16 heavy (non-hydrogen) atoms. The maximum absolute atomic E-state index is 12.7. The molecule has 1 aromatic heterocycles. The fourth-order valence-corrected chi connectivity index (χ4v) is 1.36. The SMILES string of the molecule is O=Cc1cnc(-c2ccc(F)cc2)nc1Cl. The minimum Gasteiger partial charge on any atom is -0.298 e.